The van der Waals surface area contributed by atoms with Gasteiger partial charge >= 0.3 is 5.97 Å². The molecular formula is C11H8ClF2NO2. The van der Waals surface area contributed by atoms with E-state index in [0.29, 0.717) is 0 Å². The Bertz CT molecular complexity index is 483. The smallest absolute Gasteiger partial charge is 0.307 e. The molecule has 0 aromatic heterocycles. The maximum absolute atomic E-state index is 12.6. The Hall–Kier alpha value is -1.67. The fourth-order valence-corrected chi connectivity index (χ4v) is 1.81. The Labute approximate surface area is 101 Å². The predicted octanol–water partition coefficient (Wildman–Crippen LogP) is 2.86. The molecule has 0 aliphatic heterocycles. The van der Waals surface area contributed by atoms with Crippen LogP contribution < -0.4 is 0 Å². The SMILES string of the molecule is N#Cc1c(C(F)F)ccc(CC(=O)O)c1CCl. The van der Waals surface area contributed by atoms with Crippen LogP contribution in [0.25, 0.3) is 0 Å². The van der Waals surface area contributed by atoms with Crippen molar-refractivity contribution in [3.05, 3.63) is 34.4 Å². The molecule has 0 saturated carbocycles. The van der Waals surface area contributed by atoms with E-state index < -0.39 is 18.0 Å². The molecule has 1 rings (SSSR count). The van der Waals surface area contributed by atoms with Gasteiger partial charge in [0.05, 0.1) is 18.1 Å². The molecule has 0 unspecified atom stereocenters. The van der Waals surface area contributed by atoms with E-state index in [0.717, 1.165) is 6.07 Å². The number of aliphatic carboxylic acids is 1. The number of halogens is 3. The lowest BCUT2D eigenvalue weighted by Gasteiger charge is -2.11. The van der Waals surface area contributed by atoms with Crippen LogP contribution >= 0.6 is 11.6 Å². The van der Waals surface area contributed by atoms with Crippen molar-refractivity contribution < 1.29 is 18.7 Å². The average molecular weight is 260 g/mol. The first kappa shape index (κ1) is 13.4. The van der Waals surface area contributed by atoms with E-state index in [2.05, 4.69) is 0 Å². The molecular weight excluding hydrogens is 252 g/mol. The topological polar surface area (TPSA) is 61.1 Å². The van der Waals surface area contributed by atoms with Crippen molar-refractivity contribution >= 4 is 17.6 Å². The van der Waals surface area contributed by atoms with Crippen LogP contribution in [0.3, 0.4) is 0 Å². The fourth-order valence-electron chi connectivity index (χ4n) is 1.50. The van der Waals surface area contributed by atoms with Crippen LogP contribution in [0.5, 0.6) is 0 Å². The largest absolute Gasteiger partial charge is 0.481 e. The normalized spacial score (nSPS) is 10.3. The van der Waals surface area contributed by atoms with E-state index in [-0.39, 0.29) is 29.0 Å². The van der Waals surface area contributed by atoms with Gasteiger partial charge in [0, 0.05) is 11.4 Å². The zero-order chi connectivity index (χ0) is 13.0. The third-order valence-electron chi connectivity index (χ3n) is 2.26. The van der Waals surface area contributed by atoms with E-state index in [1.54, 1.807) is 6.07 Å². The highest BCUT2D eigenvalue weighted by Gasteiger charge is 2.19. The van der Waals surface area contributed by atoms with Gasteiger partial charge in [-0.1, -0.05) is 12.1 Å². The standard InChI is InChI=1S/C11H8ClF2NO2/c12-4-8-6(3-10(16)17)1-2-7(11(13)14)9(8)5-15/h1-2,11H,3-4H2,(H,16,17). The van der Waals surface area contributed by atoms with E-state index in [1.807, 2.05) is 0 Å². The van der Waals surface area contributed by atoms with Crippen molar-refractivity contribution in [2.24, 2.45) is 0 Å². The maximum Gasteiger partial charge on any atom is 0.307 e. The summed E-state index contributed by atoms with van der Waals surface area (Å²) in [5.74, 6) is -1.28. The minimum atomic E-state index is -2.79. The maximum atomic E-state index is 12.6. The lowest BCUT2D eigenvalue weighted by Crippen LogP contribution is -2.06. The number of nitriles is 1. The molecule has 0 saturated heterocycles. The molecule has 0 aliphatic carbocycles. The average Bonchev–Trinajstić information content (AvgIpc) is 2.26. The molecule has 0 heterocycles. The Morgan fingerprint density at radius 1 is 1.53 bits per heavy atom. The summed E-state index contributed by atoms with van der Waals surface area (Å²) in [6.07, 6.45) is -3.13. The van der Waals surface area contributed by atoms with Crippen LogP contribution in [0.2, 0.25) is 0 Å². The van der Waals surface area contributed by atoms with Crippen molar-refractivity contribution in [3.63, 3.8) is 0 Å². The van der Waals surface area contributed by atoms with Gasteiger partial charge < -0.3 is 5.11 Å². The number of benzene rings is 1. The fraction of sp³-hybridized carbons (Fsp3) is 0.273. The second kappa shape index (κ2) is 5.60. The van der Waals surface area contributed by atoms with Gasteiger partial charge in [0.25, 0.3) is 6.43 Å². The predicted molar refractivity (Wildman–Crippen MR) is 57.0 cm³/mol. The highest BCUT2D eigenvalue weighted by atomic mass is 35.5. The molecule has 1 N–H and O–H groups in total. The van der Waals surface area contributed by atoms with Gasteiger partial charge in [-0.05, 0) is 11.1 Å². The molecule has 1 aromatic rings. The van der Waals surface area contributed by atoms with Crippen LogP contribution in [0.15, 0.2) is 12.1 Å². The van der Waals surface area contributed by atoms with Crippen molar-refractivity contribution in [2.75, 3.05) is 0 Å². The highest BCUT2D eigenvalue weighted by Crippen LogP contribution is 2.28. The number of rotatable bonds is 4. The quantitative estimate of drug-likeness (QED) is 0.846. The number of carboxylic acid groups (broad SMARTS) is 1. The Balaban J connectivity index is 3.38. The van der Waals surface area contributed by atoms with Crippen molar-refractivity contribution in [2.45, 2.75) is 18.7 Å². The first-order valence-corrected chi connectivity index (χ1v) is 5.15. The second-order valence-electron chi connectivity index (χ2n) is 3.28. The Kier molecular flexibility index (Phi) is 4.41. The first-order chi connectivity index (χ1) is 8.01. The van der Waals surface area contributed by atoms with Gasteiger partial charge in [-0.15, -0.1) is 11.6 Å². The van der Waals surface area contributed by atoms with E-state index in [4.69, 9.17) is 22.0 Å². The monoisotopic (exact) mass is 259 g/mol. The number of hydrogen-bond donors (Lipinski definition) is 1. The summed E-state index contributed by atoms with van der Waals surface area (Å²) in [7, 11) is 0. The van der Waals surface area contributed by atoms with Crippen LogP contribution in [0.1, 0.15) is 28.7 Å². The lowest BCUT2D eigenvalue weighted by molar-refractivity contribution is -0.136. The van der Waals surface area contributed by atoms with Crippen LogP contribution in [0.4, 0.5) is 8.78 Å². The zero-order valence-corrected chi connectivity index (χ0v) is 9.34. The van der Waals surface area contributed by atoms with Gasteiger partial charge in [-0.2, -0.15) is 5.26 Å². The summed E-state index contributed by atoms with van der Waals surface area (Å²) in [5.41, 5.74) is -0.200. The van der Waals surface area contributed by atoms with Gasteiger partial charge in [-0.25, -0.2) is 8.78 Å². The number of carboxylic acids is 1. The van der Waals surface area contributed by atoms with Crippen LogP contribution in [-0.2, 0) is 17.1 Å². The second-order valence-corrected chi connectivity index (χ2v) is 3.55. The highest BCUT2D eigenvalue weighted by molar-refractivity contribution is 6.17. The summed E-state index contributed by atoms with van der Waals surface area (Å²) in [4.78, 5) is 10.6. The summed E-state index contributed by atoms with van der Waals surface area (Å²) < 4.78 is 25.2. The molecule has 0 bridgehead atoms. The lowest BCUT2D eigenvalue weighted by atomic mass is 9.96. The van der Waals surface area contributed by atoms with Crippen molar-refractivity contribution in [3.8, 4) is 6.07 Å². The van der Waals surface area contributed by atoms with E-state index >= 15 is 0 Å². The molecule has 3 nitrogen and oxygen atoms in total. The molecule has 0 spiro atoms. The molecule has 1 aromatic carbocycles. The van der Waals surface area contributed by atoms with Gasteiger partial charge in [0.15, 0.2) is 0 Å². The number of hydrogen-bond acceptors (Lipinski definition) is 2. The van der Waals surface area contributed by atoms with Crippen LogP contribution in [0, 0.1) is 11.3 Å². The minimum Gasteiger partial charge on any atom is -0.481 e. The number of nitrogens with zero attached hydrogens (tertiary/aromatic N) is 1. The van der Waals surface area contributed by atoms with Crippen molar-refractivity contribution in [1.29, 1.82) is 5.26 Å². The summed E-state index contributed by atoms with van der Waals surface area (Å²) in [5, 5.41) is 17.5. The molecule has 0 amide bonds. The number of alkyl halides is 3. The molecule has 0 aliphatic rings. The van der Waals surface area contributed by atoms with E-state index in [1.165, 1.54) is 6.07 Å². The van der Waals surface area contributed by atoms with E-state index in [9.17, 15) is 13.6 Å². The molecule has 90 valence electrons. The molecule has 0 fully saturated rings. The van der Waals surface area contributed by atoms with Crippen molar-refractivity contribution in [1.82, 2.24) is 0 Å². The number of carbonyl (C=O) groups is 1. The van der Waals surface area contributed by atoms with Crippen LogP contribution in [-0.4, -0.2) is 11.1 Å². The third-order valence-corrected chi connectivity index (χ3v) is 2.53. The Morgan fingerprint density at radius 3 is 2.59 bits per heavy atom. The minimum absolute atomic E-state index is 0.161. The van der Waals surface area contributed by atoms with Gasteiger partial charge in [0.1, 0.15) is 0 Å². The molecule has 0 atom stereocenters. The zero-order valence-electron chi connectivity index (χ0n) is 8.58. The first-order valence-electron chi connectivity index (χ1n) is 4.62. The van der Waals surface area contributed by atoms with Gasteiger partial charge in [0.2, 0.25) is 0 Å². The summed E-state index contributed by atoms with van der Waals surface area (Å²) in [6, 6.07) is 3.99. The third kappa shape index (κ3) is 2.92. The molecule has 0 radical (unpaired) electrons. The molecule has 17 heavy (non-hydrogen) atoms. The molecule has 6 heteroatoms. The summed E-state index contributed by atoms with van der Waals surface area (Å²) in [6.45, 7) is 0. The Morgan fingerprint density at radius 2 is 2.18 bits per heavy atom. The van der Waals surface area contributed by atoms with Gasteiger partial charge in [-0.3, -0.25) is 4.79 Å². The summed E-state index contributed by atoms with van der Waals surface area (Å²) >= 11 is 5.59.